The molecule has 0 spiro atoms. The molecule has 0 radical (unpaired) electrons. The molecule has 1 aliphatic heterocycles. The molecule has 0 bridgehead atoms. The number of nitrogens with two attached hydrogens (primary N) is 1. The van der Waals surface area contributed by atoms with E-state index in [0.717, 1.165) is 25.9 Å². The molecular formula is C16H26N2O. The van der Waals surface area contributed by atoms with Crippen LogP contribution in [0.15, 0.2) is 24.3 Å². The molecule has 19 heavy (non-hydrogen) atoms. The number of rotatable bonds is 4. The Morgan fingerprint density at radius 2 is 2.16 bits per heavy atom. The zero-order valence-corrected chi connectivity index (χ0v) is 12.4. The van der Waals surface area contributed by atoms with Crippen LogP contribution in [0.5, 0.6) is 0 Å². The van der Waals surface area contributed by atoms with Crippen molar-refractivity contribution >= 4 is 5.69 Å². The minimum Gasteiger partial charge on any atom is -0.377 e. The fourth-order valence-corrected chi connectivity index (χ4v) is 2.89. The van der Waals surface area contributed by atoms with Crippen molar-refractivity contribution in [3.63, 3.8) is 0 Å². The lowest BCUT2D eigenvalue weighted by Crippen LogP contribution is -2.47. The number of piperidine rings is 1. The monoisotopic (exact) mass is 262 g/mol. The number of hydrogen-bond donors (Lipinski definition) is 1. The summed E-state index contributed by atoms with van der Waals surface area (Å²) in [6, 6.07) is 8.63. The van der Waals surface area contributed by atoms with E-state index in [2.05, 4.69) is 43.0 Å². The molecule has 3 nitrogen and oxygen atoms in total. The number of hydrogen-bond acceptors (Lipinski definition) is 3. The molecule has 1 saturated heterocycles. The SMILES string of the molecule is CC[C@H](N)c1ccccc1N1CCCC(C)(OC)C1. The lowest BCUT2D eigenvalue weighted by atomic mass is 9.93. The van der Waals surface area contributed by atoms with Crippen LogP contribution in [0.1, 0.15) is 44.7 Å². The van der Waals surface area contributed by atoms with Gasteiger partial charge in [-0.2, -0.15) is 0 Å². The molecule has 0 amide bonds. The van der Waals surface area contributed by atoms with E-state index >= 15 is 0 Å². The predicted molar refractivity (Wildman–Crippen MR) is 80.5 cm³/mol. The van der Waals surface area contributed by atoms with Crippen molar-refractivity contribution in [3.05, 3.63) is 29.8 Å². The second-order valence-corrected chi connectivity index (χ2v) is 5.75. The zero-order valence-electron chi connectivity index (χ0n) is 12.4. The number of nitrogens with zero attached hydrogens (tertiary/aromatic N) is 1. The third-order valence-electron chi connectivity index (χ3n) is 4.27. The van der Waals surface area contributed by atoms with Gasteiger partial charge in [0.1, 0.15) is 0 Å². The van der Waals surface area contributed by atoms with Crippen molar-refractivity contribution in [1.82, 2.24) is 0 Å². The van der Waals surface area contributed by atoms with Crippen LogP contribution < -0.4 is 10.6 Å². The first-order valence-corrected chi connectivity index (χ1v) is 7.24. The van der Waals surface area contributed by atoms with Gasteiger partial charge in [0.05, 0.1) is 5.60 Å². The van der Waals surface area contributed by atoms with Gasteiger partial charge in [-0.25, -0.2) is 0 Å². The Kier molecular flexibility index (Phi) is 4.48. The highest BCUT2D eigenvalue weighted by Gasteiger charge is 2.31. The van der Waals surface area contributed by atoms with Crippen LogP contribution in [0, 0.1) is 0 Å². The van der Waals surface area contributed by atoms with Crippen molar-refractivity contribution in [2.24, 2.45) is 5.73 Å². The van der Waals surface area contributed by atoms with Crippen LogP contribution in [0.25, 0.3) is 0 Å². The number of anilines is 1. The summed E-state index contributed by atoms with van der Waals surface area (Å²) in [5.74, 6) is 0. The fourth-order valence-electron chi connectivity index (χ4n) is 2.89. The van der Waals surface area contributed by atoms with E-state index in [-0.39, 0.29) is 11.6 Å². The van der Waals surface area contributed by atoms with Crippen molar-refractivity contribution in [2.75, 3.05) is 25.1 Å². The van der Waals surface area contributed by atoms with Gasteiger partial charge < -0.3 is 15.4 Å². The smallest absolute Gasteiger partial charge is 0.0825 e. The van der Waals surface area contributed by atoms with E-state index in [1.54, 1.807) is 0 Å². The third kappa shape index (κ3) is 3.10. The largest absolute Gasteiger partial charge is 0.377 e. The first-order valence-electron chi connectivity index (χ1n) is 7.24. The Hall–Kier alpha value is -1.06. The lowest BCUT2D eigenvalue weighted by molar-refractivity contribution is -0.00469. The molecule has 3 heteroatoms. The maximum atomic E-state index is 6.24. The average molecular weight is 262 g/mol. The topological polar surface area (TPSA) is 38.5 Å². The highest BCUT2D eigenvalue weighted by atomic mass is 16.5. The summed E-state index contributed by atoms with van der Waals surface area (Å²) in [4.78, 5) is 2.43. The van der Waals surface area contributed by atoms with Crippen LogP contribution in [-0.2, 0) is 4.74 Å². The number of para-hydroxylation sites is 1. The summed E-state index contributed by atoms with van der Waals surface area (Å²) in [7, 11) is 1.81. The van der Waals surface area contributed by atoms with Gasteiger partial charge >= 0.3 is 0 Å². The van der Waals surface area contributed by atoms with Crippen LogP contribution >= 0.6 is 0 Å². The van der Waals surface area contributed by atoms with Crippen molar-refractivity contribution in [1.29, 1.82) is 0 Å². The van der Waals surface area contributed by atoms with Crippen molar-refractivity contribution < 1.29 is 4.74 Å². The summed E-state index contributed by atoms with van der Waals surface area (Å²) in [5.41, 5.74) is 8.74. The van der Waals surface area contributed by atoms with Gasteiger partial charge in [-0.1, -0.05) is 25.1 Å². The van der Waals surface area contributed by atoms with Crippen LogP contribution in [0.4, 0.5) is 5.69 Å². The highest BCUT2D eigenvalue weighted by molar-refractivity contribution is 5.55. The van der Waals surface area contributed by atoms with Crippen molar-refractivity contribution in [2.45, 2.75) is 44.8 Å². The van der Waals surface area contributed by atoms with Gasteiger partial charge in [-0.15, -0.1) is 0 Å². The molecule has 106 valence electrons. The Morgan fingerprint density at radius 1 is 1.42 bits per heavy atom. The standard InChI is InChI=1S/C16H26N2O/c1-4-14(17)13-8-5-6-9-15(13)18-11-7-10-16(2,12-18)19-3/h5-6,8-9,14H,4,7,10-12,17H2,1-3H3/t14-,16?/m0/s1. The van der Waals surface area contributed by atoms with Crippen molar-refractivity contribution in [3.8, 4) is 0 Å². The zero-order chi connectivity index (χ0) is 13.9. The molecule has 0 saturated carbocycles. The van der Waals surface area contributed by atoms with Crippen LogP contribution in [0.2, 0.25) is 0 Å². The first-order chi connectivity index (χ1) is 9.09. The Labute approximate surface area is 116 Å². The van der Waals surface area contributed by atoms with Gasteiger partial charge in [-0.05, 0) is 37.8 Å². The maximum absolute atomic E-state index is 6.24. The highest BCUT2D eigenvalue weighted by Crippen LogP contribution is 2.32. The fraction of sp³-hybridized carbons (Fsp3) is 0.625. The Bertz CT molecular complexity index is 421. The maximum Gasteiger partial charge on any atom is 0.0825 e. The minimum absolute atomic E-state index is 0.0400. The molecule has 1 aromatic carbocycles. The van der Waals surface area contributed by atoms with Gasteiger partial charge in [0, 0.05) is 31.9 Å². The normalized spacial score (nSPS) is 25.4. The first kappa shape index (κ1) is 14.4. The summed E-state index contributed by atoms with van der Waals surface area (Å²) in [5, 5.41) is 0. The summed E-state index contributed by atoms with van der Waals surface area (Å²) in [6.45, 7) is 6.36. The van der Waals surface area contributed by atoms with Gasteiger partial charge in [0.25, 0.3) is 0 Å². The second kappa shape index (κ2) is 5.93. The Morgan fingerprint density at radius 3 is 2.84 bits per heavy atom. The third-order valence-corrected chi connectivity index (χ3v) is 4.27. The molecule has 2 N–H and O–H groups in total. The van der Waals surface area contributed by atoms with Gasteiger partial charge in [-0.3, -0.25) is 0 Å². The molecule has 1 heterocycles. The summed E-state index contributed by atoms with van der Waals surface area (Å²) < 4.78 is 5.68. The lowest BCUT2D eigenvalue weighted by Gasteiger charge is -2.41. The van der Waals surface area contributed by atoms with Gasteiger partial charge in [0.2, 0.25) is 0 Å². The van der Waals surface area contributed by atoms with E-state index in [9.17, 15) is 0 Å². The molecule has 1 fully saturated rings. The summed E-state index contributed by atoms with van der Waals surface area (Å²) >= 11 is 0. The molecular weight excluding hydrogens is 236 g/mol. The van der Waals surface area contributed by atoms with E-state index in [0.29, 0.717) is 0 Å². The quantitative estimate of drug-likeness (QED) is 0.906. The molecule has 2 atom stereocenters. The second-order valence-electron chi connectivity index (χ2n) is 5.75. The molecule has 0 aliphatic carbocycles. The molecule has 2 rings (SSSR count). The predicted octanol–water partition coefficient (Wildman–Crippen LogP) is 3.10. The number of methoxy groups -OCH3 is 1. The molecule has 1 aromatic rings. The van der Waals surface area contributed by atoms with E-state index in [1.807, 2.05) is 7.11 Å². The molecule has 1 unspecified atom stereocenters. The average Bonchev–Trinajstić information content (AvgIpc) is 2.46. The molecule has 0 aromatic heterocycles. The van der Waals surface area contributed by atoms with Crippen LogP contribution in [-0.4, -0.2) is 25.8 Å². The summed E-state index contributed by atoms with van der Waals surface area (Å²) in [6.07, 6.45) is 3.26. The minimum atomic E-state index is -0.0400. The van der Waals surface area contributed by atoms with Crippen LogP contribution in [0.3, 0.4) is 0 Å². The van der Waals surface area contributed by atoms with E-state index < -0.39 is 0 Å². The molecule has 1 aliphatic rings. The number of ether oxygens (including phenoxy) is 1. The van der Waals surface area contributed by atoms with E-state index in [4.69, 9.17) is 10.5 Å². The Balaban J connectivity index is 2.26. The van der Waals surface area contributed by atoms with E-state index in [1.165, 1.54) is 17.7 Å². The number of benzene rings is 1. The van der Waals surface area contributed by atoms with Gasteiger partial charge in [0.15, 0.2) is 0 Å².